The van der Waals surface area contributed by atoms with Crippen LogP contribution in [0, 0.1) is 0 Å². The van der Waals surface area contributed by atoms with Gasteiger partial charge in [-0.05, 0) is 24.6 Å². The summed E-state index contributed by atoms with van der Waals surface area (Å²) in [6, 6.07) is 4.49. The molecule has 1 aromatic rings. The standard InChI is InChI=1S/C13H18ClNO4/c1-18-8-9(14)5-6-15-13(17)11-7-10(19-2)3-4-12(11)16/h3-4,7,9,16H,5-6,8H2,1-2H3,(H,15,17). The van der Waals surface area contributed by atoms with Crippen LogP contribution in [0.25, 0.3) is 0 Å². The average molecular weight is 288 g/mol. The molecule has 1 aromatic carbocycles. The number of hydrogen-bond acceptors (Lipinski definition) is 4. The molecule has 2 N–H and O–H groups in total. The van der Waals surface area contributed by atoms with Gasteiger partial charge in [0.25, 0.3) is 5.91 Å². The Morgan fingerprint density at radius 3 is 2.84 bits per heavy atom. The van der Waals surface area contributed by atoms with Gasteiger partial charge in [-0.25, -0.2) is 0 Å². The Morgan fingerprint density at radius 1 is 1.47 bits per heavy atom. The minimum atomic E-state index is -0.363. The number of rotatable bonds is 7. The molecule has 1 amide bonds. The first-order valence-corrected chi connectivity index (χ1v) is 6.30. The third-order valence-corrected chi connectivity index (χ3v) is 2.88. The fourth-order valence-corrected chi connectivity index (χ4v) is 1.76. The molecule has 19 heavy (non-hydrogen) atoms. The van der Waals surface area contributed by atoms with Crippen LogP contribution in [0.2, 0.25) is 0 Å². The maximum atomic E-state index is 11.9. The van der Waals surface area contributed by atoms with Crippen molar-refractivity contribution >= 4 is 17.5 Å². The second kappa shape index (κ2) is 7.86. The number of alkyl halides is 1. The number of phenolic OH excluding ortho intramolecular Hbond substituents is 1. The van der Waals surface area contributed by atoms with Crippen LogP contribution in [-0.4, -0.2) is 43.8 Å². The molecule has 0 aromatic heterocycles. The quantitative estimate of drug-likeness (QED) is 0.750. The lowest BCUT2D eigenvalue weighted by atomic mass is 10.1. The fraction of sp³-hybridized carbons (Fsp3) is 0.462. The molecule has 0 saturated carbocycles. The van der Waals surface area contributed by atoms with Crippen molar-refractivity contribution in [3.05, 3.63) is 23.8 Å². The molecule has 5 nitrogen and oxygen atoms in total. The molecule has 0 radical (unpaired) electrons. The van der Waals surface area contributed by atoms with E-state index in [-0.39, 0.29) is 22.6 Å². The largest absolute Gasteiger partial charge is 0.507 e. The van der Waals surface area contributed by atoms with Crippen LogP contribution < -0.4 is 10.1 Å². The topological polar surface area (TPSA) is 67.8 Å². The monoisotopic (exact) mass is 287 g/mol. The van der Waals surface area contributed by atoms with Crippen LogP contribution in [0.3, 0.4) is 0 Å². The molecule has 106 valence electrons. The highest BCUT2D eigenvalue weighted by molar-refractivity contribution is 6.20. The number of aromatic hydroxyl groups is 1. The molecule has 0 spiro atoms. The zero-order valence-electron chi connectivity index (χ0n) is 11.0. The van der Waals surface area contributed by atoms with E-state index in [1.54, 1.807) is 13.2 Å². The Balaban J connectivity index is 2.53. The summed E-state index contributed by atoms with van der Waals surface area (Å²) >= 11 is 5.94. The van der Waals surface area contributed by atoms with Crippen molar-refractivity contribution in [2.24, 2.45) is 0 Å². The maximum Gasteiger partial charge on any atom is 0.255 e. The highest BCUT2D eigenvalue weighted by atomic mass is 35.5. The molecule has 0 aliphatic carbocycles. The van der Waals surface area contributed by atoms with E-state index >= 15 is 0 Å². The van der Waals surface area contributed by atoms with Crippen LogP contribution in [0.15, 0.2) is 18.2 Å². The molecule has 6 heteroatoms. The van der Waals surface area contributed by atoms with Crippen molar-refractivity contribution in [3.8, 4) is 11.5 Å². The Hall–Kier alpha value is -1.46. The number of phenols is 1. The smallest absolute Gasteiger partial charge is 0.255 e. The van der Waals surface area contributed by atoms with Gasteiger partial charge in [0.05, 0.1) is 24.7 Å². The SMILES string of the molecule is COCC(Cl)CCNC(=O)c1cc(OC)ccc1O. The fourth-order valence-electron chi connectivity index (χ4n) is 1.53. The molecule has 0 bridgehead atoms. The highest BCUT2D eigenvalue weighted by Crippen LogP contribution is 2.22. The highest BCUT2D eigenvalue weighted by Gasteiger charge is 2.12. The van der Waals surface area contributed by atoms with E-state index in [1.165, 1.54) is 19.2 Å². The molecule has 0 aliphatic heterocycles. The van der Waals surface area contributed by atoms with Crippen molar-refractivity contribution in [3.63, 3.8) is 0 Å². The maximum absolute atomic E-state index is 11.9. The lowest BCUT2D eigenvalue weighted by Crippen LogP contribution is -2.27. The van der Waals surface area contributed by atoms with Gasteiger partial charge >= 0.3 is 0 Å². The number of benzene rings is 1. The molecule has 0 heterocycles. The van der Waals surface area contributed by atoms with Crippen LogP contribution >= 0.6 is 11.6 Å². The zero-order chi connectivity index (χ0) is 14.3. The van der Waals surface area contributed by atoms with Gasteiger partial charge in [-0.15, -0.1) is 11.6 Å². The second-order valence-corrected chi connectivity index (χ2v) is 4.60. The van der Waals surface area contributed by atoms with Crippen LogP contribution in [0.4, 0.5) is 0 Å². The summed E-state index contributed by atoms with van der Waals surface area (Å²) in [5.74, 6) is 0.0628. The van der Waals surface area contributed by atoms with E-state index in [4.69, 9.17) is 21.1 Å². The third kappa shape index (κ3) is 4.96. The Morgan fingerprint density at radius 2 is 2.21 bits per heavy atom. The van der Waals surface area contributed by atoms with E-state index in [0.717, 1.165) is 0 Å². The lowest BCUT2D eigenvalue weighted by Gasteiger charge is -2.10. The average Bonchev–Trinajstić information content (AvgIpc) is 2.39. The molecule has 0 saturated heterocycles. The molecule has 1 atom stereocenters. The summed E-state index contributed by atoms with van der Waals surface area (Å²) in [6.07, 6.45) is 0.589. The van der Waals surface area contributed by atoms with Crippen molar-refractivity contribution in [1.82, 2.24) is 5.32 Å². The van der Waals surface area contributed by atoms with E-state index in [0.29, 0.717) is 25.3 Å². The van der Waals surface area contributed by atoms with E-state index in [2.05, 4.69) is 5.32 Å². The van der Waals surface area contributed by atoms with Gasteiger partial charge < -0.3 is 19.9 Å². The van der Waals surface area contributed by atoms with Crippen LogP contribution in [0.5, 0.6) is 11.5 Å². The molecule has 0 aliphatic rings. The van der Waals surface area contributed by atoms with Gasteiger partial charge in [-0.2, -0.15) is 0 Å². The van der Waals surface area contributed by atoms with Gasteiger partial charge in [-0.3, -0.25) is 4.79 Å². The van der Waals surface area contributed by atoms with Gasteiger partial charge in [0.15, 0.2) is 0 Å². The summed E-state index contributed by atoms with van der Waals surface area (Å²) in [6.45, 7) is 0.842. The van der Waals surface area contributed by atoms with Crippen molar-refractivity contribution < 1.29 is 19.4 Å². The Bertz CT molecular complexity index is 425. The number of ether oxygens (including phenoxy) is 2. The zero-order valence-corrected chi connectivity index (χ0v) is 11.7. The normalized spacial score (nSPS) is 11.9. The van der Waals surface area contributed by atoms with Crippen molar-refractivity contribution in [2.75, 3.05) is 27.4 Å². The third-order valence-electron chi connectivity index (χ3n) is 2.54. The first kappa shape index (κ1) is 15.6. The lowest BCUT2D eigenvalue weighted by molar-refractivity contribution is 0.0948. The first-order valence-electron chi connectivity index (χ1n) is 5.86. The number of carbonyl (C=O) groups is 1. The van der Waals surface area contributed by atoms with Gasteiger partial charge in [-0.1, -0.05) is 0 Å². The number of hydrogen-bond donors (Lipinski definition) is 2. The molecular weight excluding hydrogens is 270 g/mol. The van der Waals surface area contributed by atoms with Crippen molar-refractivity contribution in [2.45, 2.75) is 11.8 Å². The summed E-state index contributed by atoms with van der Waals surface area (Å²) in [5.41, 5.74) is 0.178. The summed E-state index contributed by atoms with van der Waals surface area (Å²) < 4.78 is 9.90. The predicted octanol–water partition coefficient (Wildman–Crippen LogP) is 1.77. The van der Waals surface area contributed by atoms with Crippen molar-refractivity contribution in [1.29, 1.82) is 0 Å². The van der Waals surface area contributed by atoms with E-state index < -0.39 is 0 Å². The minimum Gasteiger partial charge on any atom is -0.507 e. The predicted molar refractivity (Wildman–Crippen MR) is 73.1 cm³/mol. The second-order valence-electron chi connectivity index (χ2n) is 3.98. The first-order chi connectivity index (χ1) is 9.08. The number of halogens is 1. The summed E-state index contributed by atoms with van der Waals surface area (Å²) in [4.78, 5) is 11.9. The number of methoxy groups -OCH3 is 2. The van der Waals surface area contributed by atoms with Crippen LogP contribution in [-0.2, 0) is 4.74 Å². The summed E-state index contributed by atoms with van der Waals surface area (Å²) in [7, 11) is 3.07. The van der Waals surface area contributed by atoms with Gasteiger partial charge in [0, 0.05) is 13.7 Å². The number of nitrogens with one attached hydrogen (secondary N) is 1. The van der Waals surface area contributed by atoms with E-state index in [9.17, 15) is 9.90 Å². The Kier molecular flexibility index (Phi) is 6.45. The van der Waals surface area contributed by atoms with Crippen LogP contribution in [0.1, 0.15) is 16.8 Å². The summed E-state index contributed by atoms with van der Waals surface area (Å²) in [5, 5.41) is 12.2. The molecular formula is C13H18ClNO4. The molecule has 1 unspecified atom stereocenters. The number of amides is 1. The molecule has 1 rings (SSSR count). The molecule has 0 fully saturated rings. The Labute approximate surface area is 117 Å². The minimum absolute atomic E-state index is 0.0855. The van der Waals surface area contributed by atoms with E-state index in [1.807, 2.05) is 0 Å². The van der Waals surface area contributed by atoms with Gasteiger partial charge in [0.2, 0.25) is 0 Å². The van der Waals surface area contributed by atoms with Gasteiger partial charge in [0.1, 0.15) is 11.5 Å². The number of carbonyl (C=O) groups excluding carboxylic acids is 1.